The van der Waals surface area contributed by atoms with Crippen molar-refractivity contribution in [3.63, 3.8) is 0 Å². The minimum atomic E-state index is -1.75. The van der Waals surface area contributed by atoms with Crippen LogP contribution in [0.25, 0.3) is 0 Å². The average Bonchev–Trinajstić information content (AvgIpc) is 1.35. The Morgan fingerprint density at radius 2 is 2.50 bits per heavy atom. The fraction of sp³-hybridized carbons (Fsp3) is 0.333. The molecule has 0 amide bonds. The standard InChI is InChI=1S/C3H7O2P/c1-3-5-6(2)4/h3,6H,1H2,2H3. The van der Waals surface area contributed by atoms with Crippen LogP contribution in [-0.2, 0) is 9.09 Å². The van der Waals surface area contributed by atoms with Crippen molar-refractivity contribution >= 4 is 8.03 Å². The highest BCUT2D eigenvalue weighted by Gasteiger charge is 1.74. The molecule has 2 nitrogen and oxygen atoms in total. The van der Waals surface area contributed by atoms with Crippen LogP contribution in [0, 0.1) is 0 Å². The monoisotopic (exact) mass is 106 g/mol. The van der Waals surface area contributed by atoms with Crippen molar-refractivity contribution in [3.8, 4) is 0 Å². The molecule has 1 unspecified atom stereocenters. The summed E-state index contributed by atoms with van der Waals surface area (Å²) in [4.78, 5) is 0. The predicted molar refractivity (Wildman–Crippen MR) is 26.2 cm³/mol. The molecule has 6 heavy (non-hydrogen) atoms. The molecule has 0 rings (SSSR count). The highest BCUT2D eigenvalue weighted by atomic mass is 31.1. The SMILES string of the molecule is C=CO[PH](C)=O. The van der Waals surface area contributed by atoms with Gasteiger partial charge < -0.3 is 4.52 Å². The minimum absolute atomic E-state index is 1.18. The molecule has 0 aromatic carbocycles. The number of hydrogen-bond donors (Lipinski definition) is 0. The van der Waals surface area contributed by atoms with E-state index in [-0.39, 0.29) is 0 Å². The molecule has 0 aliphatic rings. The third-order valence-corrected chi connectivity index (χ3v) is 0.748. The molecule has 0 spiro atoms. The molecule has 0 saturated heterocycles. The van der Waals surface area contributed by atoms with Crippen molar-refractivity contribution in [3.05, 3.63) is 12.8 Å². The second-order valence-corrected chi connectivity index (χ2v) is 1.99. The van der Waals surface area contributed by atoms with Crippen LogP contribution in [0.15, 0.2) is 12.8 Å². The van der Waals surface area contributed by atoms with Gasteiger partial charge in [0.15, 0.2) is 0 Å². The molecule has 1 atom stereocenters. The van der Waals surface area contributed by atoms with Crippen LogP contribution in [-0.4, -0.2) is 6.66 Å². The first-order valence-corrected chi connectivity index (χ1v) is 3.37. The summed E-state index contributed by atoms with van der Waals surface area (Å²) in [7, 11) is -1.75. The van der Waals surface area contributed by atoms with Gasteiger partial charge >= 0.3 is 0 Å². The maximum absolute atomic E-state index is 9.94. The molecule has 0 aliphatic carbocycles. The van der Waals surface area contributed by atoms with E-state index in [0.29, 0.717) is 0 Å². The van der Waals surface area contributed by atoms with Gasteiger partial charge in [-0.25, -0.2) is 0 Å². The van der Waals surface area contributed by atoms with Crippen LogP contribution >= 0.6 is 8.03 Å². The molecule has 0 fully saturated rings. The van der Waals surface area contributed by atoms with Crippen molar-refractivity contribution in [2.24, 2.45) is 0 Å². The Morgan fingerprint density at radius 1 is 2.00 bits per heavy atom. The van der Waals surface area contributed by atoms with Crippen LogP contribution in [0.5, 0.6) is 0 Å². The van der Waals surface area contributed by atoms with Gasteiger partial charge in [-0.3, -0.25) is 4.57 Å². The summed E-state index contributed by atoms with van der Waals surface area (Å²) < 4.78 is 14.3. The van der Waals surface area contributed by atoms with E-state index in [0.717, 1.165) is 0 Å². The fourth-order valence-electron chi connectivity index (χ4n) is 0.117. The maximum atomic E-state index is 9.94. The maximum Gasteiger partial charge on any atom is 0.232 e. The summed E-state index contributed by atoms with van der Waals surface area (Å²) in [6, 6.07) is 0. The molecule has 0 bridgehead atoms. The topological polar surface area (TPSA) is 26.3 Å². The first-order valence-electron chi connectivity index (χ1n) is 1.55. The van der Waals surface area contributed by atoms with E-state index in [1.54, 1.807) is 0 Å². The van der Waals surface area contributed by atoms with Gasteiger partial charge in [0.05, 0.1) is 6.26 Å². The lowest BCUT2D eigenvalue weighted by atomic mass is 11.2. The Hall–Kier alpha value is -0.230. The summed E-state index contributed by atoms with van der Waals surface area (Å²) in [5, 5.41) is 0. The summed E-state index contributed by atoms with van der Waals surface area (Å²) in [5.41, 5.74) is 0. The average molecular weight is 106 g/mol. The molecule has 0 heterocycles. The quantitative estimate of drug-likeness (QED) is 0.391. The Balaban J connectivity index is 3.05. The van der Waals surface area contributed by atoms with Gasteiger partial charge in [-0.2, -0.15) is 0 Å². The highest BCUT2D eigenvalue weighted by Crippen LogP contribution is 2.13. The Labute approximate surface area is 37.7 Å². The van der Waals surface area contributed by atoms with Gasteiger partial charge in [-0.1, -0.05) is 6.58 Å². The van der Waals surface area contributed by atoms with Gasteiger partial charge in [0.25, 0.3) is 0 Å². The lowest BCUT2D eigenvalue weighted by molar-refractivity contribution is 0.470. The molecular weight excluding hydrogens is 99.0 g/mol. The van der Waals surface area contributed by atoms with Gasteiger partial charge in [0.2, 0.25) is 8.03 Å². The molecule has 0 radical (unpaired) electrons. The lowest BCUT2D eigenvalue weighted by Gasteiger charge is -1.86. The largest absolute Gasteiger partial charge is 0.453 e. The second-order valence-electron chi connectivity index (χ2n) is 0.776. The highest BCUT2D eigenvalue weighted by molar-refractivity contribution is 7.38. The van der Waals surface area contributed by atoms with Gasteiger partial charge in [0, 0.05) is 6.66 Å². The van der Waals surface area contributed by atoms with Crippen molar-refractivity contribution in [1.29, 1.82) is 0 Å². The first-order chi connectivity index (χ1) is 2.77. The molecule has 36 valence electrons. The van der Waals surface area contributed by atoms with Gasteiger partial charge in [-0.15, -0.1) is 0 Å². The van der Waals surface area contributed by atoms with Crippen LogP contribution in [0.3, 0.4) is 0 Å². The Bertz CT molecular complexity index is 69.2. The summed E-state index contributed by atoms with van der Waals surface area (Å²) in [6.07, 6.45) is 1.18. The van der Waals surface area contributed by atoms with E-state index in [9.17, 15) is 4.57 Å². The zero-order valence-electron chi connectivity index (χ0n) is 3.60. The lowest BCUT2D eigenvalue weighted by Crippen LogP contribution is -1.54. The van der Waals surface area contributed by atoms with Crippen LogP contribution in [0.2, 0.25) is 0 Å². The predicted octanol–water partition coefficient (Wildman–Crippen LogP) is 1.25. The third kappa shape index (κ3) is 3.77. The van der Waals surface area contributed by atoms with Crippen molar-refractivity contribution in [1.82, 2.24) is 0 Å². The minimum Gasteiger partial charge on any atom is -0.453 e. The van der Waals surface area contributed by atoms with E-state index in [1.165, 1.54) is 12.9 Å². The summed E-state index contributed by atoms with van der Waals surface area (Å²) >= 11 is 0. The zero-order valence-corrected chi connectivity index (χ0v) is 4.60. The summed E-state index contributed by atoms with van der Waals surface area (Å²) in [6.45, 7) is 4.71. The molecule has 0 aliphatic heterocycles. The number of rotatable bonds is 2. The second kappa shape index (κ2) is 2.98. The van der Waals surface area contributed by atoms with Crippen molar-refractivity contribution in [2.75, 3.05) is 6.66 Å². The van der Waals surface area contributed by atoms with E-state index in [1.807, 2.05) is 0 Å². The molecule has 0 aromatic heterocycles. The normalized spacial score (nSPS) is 12.8. The van der Waals surface area contributed by atoms with Gasteiger partial charge in [0.1, 0.15) is 0 Å². The van der Waals surface area contributed by atoms with Crippen LogP contribution < -0.4 is 0 Å². The van der Waals surface area contributed by atoms with Crippen LogP contribution in [0.4, 0.5) is 0 Å². The smallest absolute Gasteiger partial charge is 0.232 e. The van der Waals surface area contributed by atoms with E-state index < -0.39 is 8.03 Å². The van der Waals surface area contributed by atoms with Gasteiger partial charge in [-0.05, 0) is 0 Å². The van der Waals surface area contributed by atoms with Crippen LogP contribution in [0.1, 0.15) is 0 Å². The Morgan fingerprint density at radius 3 is 2.50 bits per heavy atom. The fourth-order valence-corrected chi connectivity index (χ4v) is 0.352. The van der Waals surface area contributed by atoms with E-state index in [2.05, 4.69) is 11.1 Å². The zero-order chi connectivity index (χ0) is 4.99. The summed E-state index contributed by atoms with van der Waals surface area (Å²) in [5.74, 6) is 0. The third-order valence-electron chi connectivity index (χ3n) is 0.249. The first kappa shape index (κ1) is 5.77. The molecular formula is C3H7O2P. The number of hydrogen-bond acceptors (Lipinski definition) is 2. The van der Waals surface area contributed by atoms with Crippen molar-refractivity contribution < 1.29 is 9.09 Å². The molecule has 3 heteroatoms. The Kier molecular flexibility index (Phi) is 2.87. The molecule has 0 saturated carbocycles. The molecule has 0 N–H and O–H groups in total. The van der Waals surface area contributed by atoms with E-state index >= 15 is 0 Å². The molecule has 0 aromatic rings. The van der Waals surface area contributed by atoms with E-state index in [4.69, 9.17) is 0 Å². The van der Waals surface area contributed by atoms with Crippen molar-refractivity contribution in [2.45, 2.75) is 0 Å².